The highest BCUT2D eigenvalue weighted by molar-refractivity contribution is 6.07. The minimum Gasteiger partial charge on any atom is -0.500 e. The number of ether oxygens (including phenoxy) is 2. The molecule has 1 aliphatic heterocycles. The third-order valence-electron chi connectivity index (χ3n) is 7.85. The number of carbonyl (C=O) groups excluding carboxylic acids is 3. The molecule has 2 amide bonds. The van der Waals surface area contributed by atoms with Crippen molar-refractivity contribution in [3.8, 4) is 0 Å². The van der Waals surface area contributed by atoms with E-state index in [4.69, 9.17) is 20.6 Å². The zero-order chi connectivity index (χ0) is 33.3. The van der Waals surface area contributed by atoms with Crippen LogP contribution >= 0.6 is 0 Å². The molecule has 1 saturated heterocycles. The first-order valence-electron chi connectivity index (χ1n) is 15.9. The first-order chi connectivity index (χ1) is 22.2. The minimum absolute atomic E-state index is 0.0814. The smallest absolute Gasteiger partial charge is 0.248 e. The summed E-state index contributed by atoms with van der Waals surface area (Å²) in [6.45, 7) is 9.71. The van der Waals surface area contributed by atoms with Gasteiger partial charge in [0.25, 0.3) is 0 Å². The van der Waals surface area contributed by atoms with Crippen molar-refractivity contribution in [1.29, 1.82) is 5.41 Å². The van der Waals surface area contributed by atoms with Crippen LogP contribution in [-0.2, 0) is 25.6 Å². The van der Waals surface area contributed by atoms with Gasteiger partial charge in [0.15, 0.2) is 0 Å². The third kappa shape index (κ3) is 11.9. The number of piperazine rings is 1. The van der Waals surface area contributed by atoms with E-state index in [1.54, 1.807) is 19.1 Å². The number of carbonyl (C=O) groups is 3. The Morgan fingerprint density at radius 2 is 1.89 bits per heavy atom. The van der Waals surface area contributed by atoms with E-state index in [2.05, 4.69) is 45.6 Å². The van der Waals surface area contributed by atoms with E-state index in [0.29, 0.717) is 67.6 Å². The average Bonchev–Trinajstić information content (AvgIpc) is 3.05. The number of nitrogens with two attached hydrogens (primary N) is 1. The molecule has 1 aromatic carbocycles. The van der Waals surface area contributed by atoms with Gasteiger partial charge in [0.2, 0.25) is 11.8 Å². The van der Waals surface area contributed by atoms with Crippen LogP contribution in [0.3, 0.4) is 0 Å². The SMILES string of the molecule is CNc1ccc(CN2CCN(C(=O)CCCOCC=O)CC2)cc1NC[C@H](C)CCCO/C=C(/C=N)c1cc(C(N)=O)cc(C)n1. The molecule has 46 heavy (non-hydrogen) atoms. The van der Waals surface area contributed by atoms with Crippen LogP contribution in [0.15, 0.2) is 36.6 Å². The number of amides is 2. The van der Waals surface area contributed by atoms with Crippen LogP contribution in [0.25, 0.3) is 5.57 Å². The maximum atomic E-state index is 12.5. The molecule has 2 aromatic rings. The summed E-state index contributed by atoms with van der Waals surface area (Å²) in [5, 5.41) is 14.6. The number of primary amides is 1. The van der Waals surface area contributed by atoms with Crippen molar-refractivity contribution in [2.24, 2.45) is 11.7 Å². The highest BCUT2D eigenvalue weighted by Crippen LogP contribution is 2.25. The van der Waals surface area contributed by atoms with Gasteiger partial charge < -0.3 is 40.9 Å². The number of pyridine rings is 1. The number of hydrogen-bond acceptors (Lipinski definition) is 10. The first kappa shape index (κ1) is 36.2. The van der Waals surface area contributed by atoms with Gasteiger partial charge in [-0.05, 0) is 61.9 Å². The summed E-state index contributed by atoms with van der Waals surface area (Å²) in [5.41, 5.74) is 10.7. The quantitative estimate of drug-likeness (QED) is 0.0735. The fourth-order valence-corrected chi connectivity index (χ4v) is 5.26. The van der Waals surface area contributed by atoms with Gasteiger partial charge in [-0.1, -0.05) is 13.0 Å². The topological polar surface area (TPSA) is 163 Å². The molecular formula is C34H49N7O5. The summed E-state index contributed by atoms with van der Waals surface area (Å²) in [7, 11) is 1.92. The van der Waals surface area contributed by atoms with Crippen LogP contribution < -0.4 is 16.4 Å². The predicted octanol–water partition coefficient (Wildman–Crippen LogP) is 3.71. The van der Waals surface area contributed by atoms with Gasteiger partial charge >= 0.3 is 0 Å². The lowest BCUT2D eigenvalue weighted by Crippen LogP contribution is -2.48. The Morgan fingerprint density at radius 3 is 2.59 bits per heavy atom. The summed E-state index contributed by atoms with van der Waals surface area (Å²) in [6, 6.07) is 9.64. The number of hydrogen-bond donors (Lipinski definition) is 4. The maximum Gasteiger partial charge on any atom is 0.248 e. The second-order valence-corrected chi connectivity index (χ2v) is 11.6. The molecule has 0 radical (unpaired) electrons. The number of aryl methyl sites for hydroxylation is 1. The van der Waals surface area contributed by atoms with Crippen LogP contribution in [0.1, 0.15) is 59.9 Å². The Kier molecular flexibility index (Phi) is 15.2. The van der Waals surface area contributed by atoms with Crippen LogP contribution in [0.5, 0.6) is 0 Å². The molecule has 0 saturated carbocycles. The minimum atomic E-state index is -0.538. The van der Waals surface area contributed by atoms with Crippen molar-refractivity contribution in [2.75, 3.05) is 70.2 Å². The monoisotopic (exact) mass is 635 g/mol. The van der Waals surface area contributed by atoms with E-state index >= 15 is 0 Å². The van der Waals surface area contributed by atoms with Gasteiger partial charge in [-0.25, -0.2) is 0 Å². The van der Waals surface area contributed by atoms with Gasteiger partial charge in [0.05, 0.1) is 35.5 Å². The van der Waals surface area contributed by atoms with Gasteiger partial charge in [0, 0.05) is 76.8 Å². The number of nitrogens with one attached hydrogen (secondary N) is 3. The molecule has 1 aliphatic rings. The van der Waals surface area contributed by atoms with Crippen molar-refractivity contribution in [1.82, 2.24) is 14.8 Å². The number of nitrogens with zero attached hydrogens (tertiary/aromatic N) is 3. The normalized spacial score (nSPS) is 14.4. The summed E-state index contributed by atoms with van der Waals surface area (Å²) in [6.07, 6.45) is 6.27. The van der Waals surface area contributed by atoms with E-state index in [9.17, 15) is 14.4 Å². The Labute approximate surface area is 272 Å². The Bertz CT molecular complexity index is 1340. The summed E-state index contributed by atoms with van der Waals surface area (Å²) in [5.74, 6) is 0.0121. The molecule has 3 rings (SSSR count). The predicted molar refractivity (Wildman–Crippen MR) is 181 cm³/mol. The van der Waals surface area contributed by atoms with Crippen molar-refractivity contribution in [3.63, 3.8) is 0 Å². The highest BCUT2D eigenvalue weighted by atomic mass is 16.5. The second kappa shape index (κ2) is 19.3. The average molecular weight is 636 g/mol. The van der Waals surface area contributed by atoms with Crippen molar-refractivity contribution in [2.45, 2.75) is 46.1 Å². The van der Waals surface area contributed by atoms with E-state index in [0.717, 1.165) is 62.9 Å². The Morgan fingerprint density at radius 1 is 1.11 bits per heavy atom. The first-order valence-corrected chi connectivity index (χ1v) is 15.9. The molecule has 0 spiro atoms. The molecule has 1 fully saturated rings. The zero-order valence-electron chi connectivity index (χ0n) is 27.3. The molecule has 0 bridgehead atoms. The van der Waals surface area contributed by atoms with E-state index < -0.39 is 5.91 Å². The summed E-state index contributed by atoms with van der Waals surface area (Å²) < 4.78 is 10.9. The molecule has 5 N–H and O–H groups in total. The summed E-state index contributed by atoms with van der Waals surface area (Å²) >= 11 is 0. The van der Waals surface area contributed by atoms with E-state index in [-0.39, 0.29) is 12.5 Å². The number of anilines is 2. The lowest BCUT2D eigenvalue weighted by Gasteiger charge is -2.35. The molecule has 12 heteroatoms. The van der Waals surface area contributed by atoms with Crippen LogP contribution in [-0.4, -0.2) is 98.7 Å². The van der Waals surface area contributed by atoms with E-state index in [1.165, 1.54) is 11.8 Å². The van der Waals surface area contributed by atoms with Gasteiger partial charge in [-0.3, -0.25) is 19.5 Å². The Hall–Kier alpha value is -4.29. The second-order valence-electron chi connectivity index (χ2n) is 11.6. The molecule has 0 aliphatic carbocycles. The lowest BCUT2D eigenvalue weighted by molar-refractivity contribution is -0.133. The van der Waals surface area contributed by atoms with Gasteiger partial charge in [-0.15, -0.1) is 0 Å². The summed E-state index contributed by atoms with van der Waals surface area (Å²) in [4.78, 5) is 43.1. The number of rotatable bonds is 20. The van der Waals surface area contributed by atoms with Gasteiger partial charge in [-0.2, -0.15) is 0 Å². The molecule has 2 heterocycles. The van der Waals surface area contributed by atoms with Crippen molar-refractivity contribution >= 4 is 41.3 Å². The fraction of sp³-hybridized carbons (Fsp3) is 0.500. The number of allylic oxidation sites excluding steroid dienone is 1. The molecule has 1 atom stereocenters. The third-order valence-corrected chi connectivity index (χ3v) is 7.85. The van der Waals surface area contributed by atoms with Crippen LogP contribution in [0.2, 0.25) is 0 Å². The number of aldehydes is 1. The standard InChI is InChI=1S/C34H49N7O5/c1-25(6-4-16-46-24-29(21-35)31-20-28(34(36)44)18-26(2)39-31)22-38-32-19-27(8-9-30(32)37-3)23-40-10-12-41(13-11-40)33(43)7-5-15-45-17-14-42/h8-9,14,18-21,24-25,35,37-38H,4-7,10-13,15-17,22-23H2,1-3H3,(H2,36,44)/b29-24-,35-21?/t25-/m1/s1. The molecule has 0 unspecified atom stereocenters. The molecule has 250 valence electrons. The maximum absolute atomic E-state index is 12.5. The lowest BCUT2D eigenvalue weighted by atomic mass is 10.1. The Balaban J connectivity index is 1.41. The van der Waals surface area contributed by atoms with Crippen molar-refractivity contribution in [3.05, 3.63) is 59.1 Å². The van der Waals surface area contributed by atoms with Crippen LogP contribution in [0.4, 0.5) is 11.4 Å². The largest absolute Gasteiger partial charge is 0.500 e. The zero-order valence-corrected chi connectivity index (χ0v) is 27.3. The molecule has 1 aromatic heterocycles. The number of aromatic nitrogens is 1. The number of benzene rings is 1. The molecular weight excluding hydrogens is 586 g/mol. The van der Waals surface area contributed by atoms with Crippen molar-refractivity contribution < 1.29 is 23.9 Å². The fourth-order valence-electron chi connectivity index (χ4n) is 5.26. The highest BCUT2D eigenvalue weighted by Gasteiger charge is 2.21. The van der Waals surface area contributed by atoms with Gasteiger partial charge in [0.1, 0.15) is 12.9 Å². The molecule has 12 nitrogen and oxygen atoms in total. The van der Waals surface area contributed by atoms with Crippen LogP contribution in [0, 0.1) is 18.3 Å². The van der Waals surface area contributed by atoms with E-state index in [1.807, 2.05) is 11.9 Å².